The minimum absolute atomic E-state index is 0.0314. The summed E-state index contributed by atoms with van der Waals surface area (Å²) in [6.45, 7) is 0. The average molecular weight is 291 g/mol. The lowest BCUT2D eigenvalue weighted by Crippen LogP contribution is -2.32. The van der Waals surface area contributed by atoms with Gasteiger partial charge < -0.3 is 5.11 Å². The van der Waals surface area contributed by atoms with Gasteiger partial charge in [-0.15, -0.1) is 0 Å². The fourth-order valence-corrected chi connectivity index (χ4v) is 3.01. The Bertz CT molecular complexity index is 726. The number of nitrogens with zero attached hydrogens (tertiary/aromatic N) is 1. The second-order valence-electron chi connectivity index (χ2n) is 4.12. The van der Waals surface area contributed by atoms with E-state index in [0.717, 1.165) is 7.05 Å². The van der Waals surface area contributed by atoms with E-state index in [-0.39, 0.29) is 4.90 Å². The predicted octanol–water partition coefficient (Wildman–Crippen LogP) is 2.65. The molecule has 0 fully saturated rings. The Labute approximate surface area is 117 Å². The maximum Gasteiger partial charge on any atom is 0.421 e. The largest absolute Gasteiger partial charge is 0.464 e. The molecule has 0 aliphatic heterocycles. The minimum Gasteiger partial charge on any atom is -0.464 e. The molecule has 0 aliphatic rings. The first-order chi connectivity index (χ1) is 9.44. The maximum absolute atomic E-state index is 12.3. The van der Waals surface area contributed by atoms with Crippen molar-refractivity contribution < 1.29 is 18.3 Å². The Morgan fingerprint density at radius 1 is 1.00 bits per heavy atom. The first-order valence-corrected chi connectivity index (χ1v) is 7.25. The van der Waals surface area contributed by atoms with Crippen molar-refractivity contribution in [1.29, 1.82) is 0 Å². The van der Waals surface area contributed by atoms with Gasteiger partial charge in [0.25, 0.3) is 10.0 Å². The van der Waals surface area contributed by atoms with Gasteiger partial charge in [-0.05, 0) is 11.6 Å². The molecular formula is C14H13NO4S. The highest BCUT2D eigenvalue weighted by molar-refractivity contribution is 7.89. The fraction of sp³-hybridized carbons (Fsp3) is 0.0714. The number of sulfonamides is 1. The van der Waals surface area contributed by atoms with E-state index in [1.54, 1.807) is 42.5 Å². The van der Waals surface area contributed by atoms with E-state index in [4.69, 9.17) is 5.11 Å². The van der Waals surface area contributed by atoms with Crippen molar-refractivity contribution in [3.8, 4) is 11.1 Å². The molecule has 2 rings (SSSR count). The molecule has 2 aromatic carbocycles. The van der Waals surface area contributed by atoms with Crippen molar-refractivity contribution in [3.05, 3.63) is 54.6 Å². The smallest absolute Gasteiger partial charge is 0.421 e. The van der Waals surface area contributed by atoms with Crippen LogP contribution >= 0.6 is 0 Å². The minimum atomic E-state index is -4.08. The number of amides is 1. The van der Waals surface area contributed by atoms with Gasteiger partial charge in [0.1, 0.15) is 0 Å². The molecule has 0 saturated heterocycles. The normalized spacial score (nSPS) is 11.1. The molecule has 0 unspecified atom stereocenters. The Kier molecular flexibility index (Phi) is 3.76. The van der Waals surface area contributed by atoms with Gasteiger partial charge in [0.15, 0.2) is 0 Å². The van der Waals surface area contributed by atoms with Crippen molar-refractivity contribution >= 4 is 16.1 Å². The summed E-state index contributed by atoms with van der Waals surface area (Å²) in [4.78, 5) is 10.9. The zero-order valence-corrected chi connectivity index (χ0v) is 11.5. The molecule has 0 spiro atoms. The molecule has 0 radical (unpaired) electrons. The summed E-state index contributed by atoms with van der Waals surface area (Å²) in [7, 11) is -3.07. The molecule has 0 saturated carbocycles. The lowest BCUT2D eigenvalue weighted by Gasteiger charge is -2.16. The van der Waals surface area contributed by atoms with E-state index in [1.807, 2.05) is 6.07 Å². The molecule has 1 amide bonds. The van der Waals surface area contributed by atoms with Crippen molar-refractivity contribution in [2.45, 2.75) is 4.90 Å². The van der Waals surface area contributed by atoms with E-state index < -0.39 is 16.1 Å². The molecular weight excluding hydrogens is 278 g/mol. The van der Waals surface area contributed by atoms with Crippen LogP contribution in [0.15, 0.2) is 59.5 Å². The molecule has 20 heavy (non-hydrogen) atoms. The van der Waals surface area contributed by atoms with E-state index in [2.05, 4.69) is 0 Å². The fourth-order valence-electron chi connectivity index (χ4n) is 1.80. The highest BCUT2D eigenvalue weighted by atomic mass is 32.2. The maximum atomic E-state index is 12.3. The molecule has 104 valence electrons. The van der Waals surface area contributed by atoms with Gasteiger partial charge in [-0.25, -0.2) is 17.5 Å². The van der Waals surface area contributed by atoms with E-state index in [1.165, 1.54) is 6.07 Å². The number of benzene rings is 2. The summed E-state index contributed by atoms with van der Waals surface area (Å²) in [5.74, 6) is 0. The summed E-state index contributed by atoms with van der Waals surface area (Å²) < 4.78 is 24.9. The number of hydrogen-bond donors (Lipinski definition) is 1. The Morgan fingerprint density at radius 3 is 2.15 bits per heavy atom. The number of carboxylic acid groups (broad SMARTS) is 1. The summed E-state index contributed by atoms with van der Waals surface area (Å²) in [6.07, 6.45) is -1.52. The highest BCUT2D eigenvalue weighted by Gasteiger charge is 2.27. The van der Waals surface area contributed by atoms with Gasteiger partial charge in [0, 0.05) is 12.6 Å². The van der Waals surface area contributed by atoms with E-state index >= 15 is 0 Å². The van der Waals surface area contributed by atoms with Crippen LogP contribution in [0.4, 0.5) is 4.79 Å². The Morgan fingerprint density at radius 2 is 1.55 bits per heavy atom. The lowest BCUT2D eigenvalue weighted by atomic mass is 10.1. The molecule has 0 aromatic heterocycles. The van der Waals surface area contributed by atoms with Gasteiger partial charge in [-0.1, -0.05) is 48.5 Å². The lowest BCUT2D eigenvalue weighted by molar-refractivity contribution is 0.178. The number of rotatable bonds is 3. The van der Waals surface area contributed by atoms with Gasteiger partial charge in [-0.2, -0.15) is 0 Å². The topological polar surface area (TPSA) is 74.7 Å². The first kappa shape index (κ1) is 14.1. The number of hydrogen-bond acceptors (Lipinski definition) is 3. The SMILES string of the molecule is CN(C(=O)O)S(=O)(=O)c1ccccc1-c1ccccc1. The summed E-state index contributed by atoms with van der Waals surface area (Å²) in [6, 6.07) is 15.3. The molecule has 0 atom stereocenters. The van der Waals surface area contributed by atoms with Gasteiger partial charge >= 0.3 is 6.09 Å². The van der Waals surface area contributed by atoms with Crippen molar-refractivity contribution in [1.82, 2.24) is 4.31 Å². The van der Waals surface area contributed by atoms with Crippen LogP contribution in [0.25, 0.3) is 11.1 Å². The van der Waals surface area contributed by atoms with Gasteiger partial charge in [0.2, 0.25) is 0 Å². The second kappa shape index (κ2) is 5.34. The van der Waals surface area contributed by atoms with Gasteiger partial charge in [-0.3, -0.25) is 0 Å². The van der Waals surface area contributed by atoms with E-state index in [9.17, 15) is 13.2 Å². The Hall–Kier alpha value is -2.34. The van der Waals surface area contributed by atoms with Crippen LogP contribution < -0.4 is 0 Å². The first-order valence-electron chi connectivity index (χ1n) is 5.81. The predicted molar refractivity (Wildman–Crippen MR) is 74.9 cm³/mol. The van der Waals surface area contributed by atoms with Crippen LogP contribution in [0.1, 0.15) is 0 Å². The molecule has 0 aliphatic carbocycles. The Balaban J connectivity index is 2.63. The highest BCUT2D eigenvalue weighted by Crippen LogP contribution is 2.28. The van der Waals surface area contributed by atoms with Crippen molar-refractivity contribution in [2.24, 2.45) is 0 Å². The molecule has 0 bridgehead atoms. The third-order valence-electron chi connectivity index (χ3n) is 2.88. The van der Waals surface area contributed by atoms with Crippen molar-refractivity contribution in [2.75, 3.05) is 7.05 Å². The van der Waals surface area contributed by atoms with Crippen LogP contribution in [-0.4, -0.2) is 31.0 Å². The molecule has 2 aromatic rings. The van der Waals surface area contributed by atoms with Gasteiger partial charge in [0.05, 0.1) is 4.90 Å². The molecule has 6 heteroatoms. The van der Waals surface area contributed by atoms with Crippen LogP contribution in [0, 0.1) is 0 Å². The van der Waals surface area contributed by atoms with Crippen LogP contribution in [-0.2, 0) is 10.0 Å². The number of carbonyl (C=O) groups is 1. The zero-order chi connectivity index (χ0) is 14.8. The summed E-state index contributed by atoms with van der Waals surface area (Å²) >= 11 is 0. The summed E-state index contributed by atoms with van der Waals surface area (Å²) in [5.41, 5.74) is 1.19. The second-order valence-corrected chi connectivity index (χ2v) is 6.05. The monoisotopic (exact) mass is 291 g/mol. The third kappa shape index (κ3) is 2.50. The van der Waals surface area contributed by atoms with Crippen molar-refractivity contribution in [3.63, 3.8) is 0 Å². The van der Waals surface area contributed by atoms with Crippen LogP contribution in [0.2, 0.25) is 0 Å². The van der Waals surface area contributed by atoms with Crippen LogP contribution in [0.3, 0.4) is 0 Å². The average Bonchev–Trinajstić information content (AvgIpc) is 2.47. The molecule has 0 heterocycles. The third-order valence-corrected chi connectivity index (χ3v) is 4.67. The standard InChI is InChI=1S/C14H13NO4S/c1-15(14(16)17)20(18,19)13-10-6-5-9-12(13)11-7-3-2-4-8-11/h2-10H,1H3,(H,16,17). The zero-order valence-electron chi connectivity index (χ0n) is 10.7. The molecule has 1 N–H and O–H groups in total. The quantitative estimate of drug-likeness (QED) is 0.943. The molecule has 5 nitrogen and oxygen atoms in total. The van der Waals surface area contributed by atoms with Crippen LogP contribution in [0.5, 0.6) is 0 Å². The van der Waals surface area contributed by atoms with E-state index in [0.29, 0.717) is 15.4 Å². The summed E-state index contributed by atoms with van der Waals surface area (Å²) in [5, 5.41) is 8.89.